The fourth-order valence-corrected chi connectivity index (χ4v) is 10.0. The molecule has 0 unspecified atom stereocenters. The molecule has 1 aromatic heterocycles. The van der Waals surface area contributed by atoms with E-state index in [0.717, 1.165) is 12.5 Å². The molecule has 2 aromatic rings. The van der Waals surface area contributed by atoms with Crippen LogP contribution in [0.3, 0.4) is 0 Å². The number of benzene rings is 1. The minimum atomic E-state index is -0.816. The van der Waals surface area contributed by atoms with Crippen LogP contribution >= 0.6 is 0 Å². The number of unbranched alkanes of at least 4 members (excludes halogenated alkanes) is 3. The molecule has 0 amide bonds. The van der Waals surface area contributed by atoms with E-state index in [0.29, 0.717) is 3.43 Å². The Morgan fingerprint density at radius 2 is 1.52 bits per heavy atom. The zero-order chi connectivity index (χ0) is 20.5. The van der Waals surface area contributed by atoms with E-state index in [9.17, 15) is 0 Å². The number of hydrogen-bond acceptors (Lipinski definition) is 2. The molecule has 1 aromatic carbocycles. The average Bonchev–Trinajstić information content (AvgIpc) is 3.52. The first kappa shape index (κ1) is 22.8. The van der Waals surface area contributed by atoms with Crippen LogP contribution in [-0.2, 0) is 6.54 Å². The van der Waals surface area contributed by atoms with Crippen LogP contribution in [0, 0.1) is 0 Å². The van der Waals surface area contributed by atoms with Crippen LogP contribution in [0.5, 0.6) is 0 Å². The topological polar surface area (TPSA) is 30.7 Å². The van der Waals surface area contributed by atoms with Crippen molar-refractivity contribution >= 4 is 24.9 Å². The van der Waals surface area contributed by atoms with Crippen molar-refractivity contribution in [3.63, 3.8) is 0 Å². The molecule has 1 saturated carbocycles. The van der Waals surface area contributed by atoms with Crippen molar-refractivity contribution in [2.45, 2.75) is 107 Å². The van der Waals surface area contributed by atoms with Crippen LogP contribution in [0.2, 0.25) is 3.43 Å². The standard InChI is InChI=1S/C13H27.C12H12N3.Sn/c1-4-7-10-13(11-8-5-2)12-9-6-3;1-2-4-10(5-3-1)9-15-12(8-13-14-15)11-6-7-11;/h4-12H2,1-3H3;1-5,11H,6-7,9H2;. The molecule has 1 aliphatic carbocycles. The molecule has 1 aliphatic rings. The Labute approximate surface area is 188 Å². The predicted molar refractivity (Wildman–Crippen MR) is 124 cm³/mol. The monoisotopic (exact) mass is 501 g/mol. The van der Waals surface area contributed by atoms with Crippen molar-refractivity contribution < 1.29 is 0 Å². The van der Waals surface area contributed by atoms with Gasteiger partial charge in [0.05, 0.1) is 0 Å². The van der Waals surface area contributed by atoms with Gasteiger partial charge in [-0.2, -0.15) is 0 Å². The summed E-state index contributed by atoms with van der Waals surface area (Å²) in [6.45, 7) is 7.93. The molecule has 158 valence electrons. The van der Waals surface area contributed by atoms with Crippen LogP contribution < -0.4 is 3.71 Å². The summed E-state index contributed by atoms with van der Waals surface area (Å²) in [7, 11) is 0. The molecule has 0 spiro atoms. The molecule has 0 N–H and O–H groups in total. The summed E-state index contributed by atoms with van der Waals surface area (Å²) >= 11 is -0.816. The maximum absolute atomic E-state index is 4.87. The van der Waals surface area contributed by atoms with E-state index in [1.807, 2.05) is 0 Å². The van der Waals surface area contributed by atoms with Gasteiger partial charge in [0.15, 0.2) is 0 Å². The van der Waals surface area contributed by atoms with Gasteiger partial charge in [0.2, 0.25) is 0 Å². The second-order valence-corrected chi connectivity index (χ2v) is 14.0. The van der Waals surface area contributed by atoms with Crippen LogP contribution in [0.25, 0.3) is 0 Å². The second-order valence-electron chi connectivity index (χ2n) is 8.96. The van der Waals surface area contributed by atoms with Crippen molar-refractivity contribution in [2.24, 2.45) is 0 Å². The van der Waals surface area contributed by atoms with Gasteiger partial charge < -0.3 is 0 Å². The third-order valence-electron chi connectivity index (χ3n) is 6.32. The number of rotatable bonds is 14. The molecule has 2 radical (unpaired) electrons. The first-order chi connectivity index (χ1) is 14.2. The van der Waals surface area contributed by atoms with Gasteiger partial charge in [0.1, 0.15) is 0 Å². The van der Waals surface area contributed by atoms with Gasteiger partial charge in [-0.25, -0.2) is 0 Å². The summed E-state index contributed by atoms with van der Waals surface area (Å²) in [6, 6.07) is 10.8. The van der Waals surface area contributed by atoms with Crippen molar-refractivity contribution in [3.8, 4) is 0 Å². The third-order valence-corrected chi connectivity index (χ3v) is 11.7. The van der Waals surface area contributed by atoms with Crippen LogP contribution in [0.15, 0.2) is 30.3 Å². The second kappa shape index (κ2) is 11.5. The van der Waals surface area contributed by atoms with E-state index in [2.05, 4.69) is 55.8 Å². The molecule has 0 aliphatic heterocycles. The molecule has 1 heterocycles. The SMILES string of the molecule is CCCC[C](CCCC)(CCCC)[Sn][c]1nnn(Cc2ccccc2)c1C1CC1. The van der Waals surface area contributed by atoms with E-state index in [1.165, 1.54) is 85.6 Å². The van der Waals surface area contributed by atoms with Gasteiger partial charge in [-0.1, -0.05) is 0 Å². The third kappa shape index (κ3) is 6.57. The maximum atomic E-state index is 4.87. The molecular formula is C25H39N3Sn. The van der Waals surface area contributed by atoms with E-state index >= 15 is 0 Å². The minimum absolute atomic E-state index is 0.586. The van der Waals surface area contributed by atoms with E-state index in [1.54, 1.807) is 0 Å². The number of hydrogen-bond donors (Lipinski definition) is 0. The normalized spacial score (nSPS) is 14.4. The van der Waals surface area contributed by atoms with Crippen LogP contribution in [0.1, 0.15) is 109 Å². The average molecular weight is 500 g/mol. The zero-order valence-electron chi connectivity index (χ0n) is 18.8. The summed E-state index contributed by atoms with van der Waals surface area (Å²) in [5, 5.41) is 9.58. The molecule has 0 bridgehead atoms. The molecule has 1 fully saturated rings. The number of nitrogens with zero attached hydrogens (tertiary/aromatic N) is 3. The Morgan fingerprint density at radius 1 is 0.931 bits per heavy atom. The Bertz CT molecular complexity index is 699. The Kier molecular flexibility index (Phi) is 9.07. The van der Waals surface area contributed by atoms with E-state index in [4.69, 9.17) is 10.3 Å². The summed E-state index contributed by atoms with van der Waals surface area (Å²) < 4.78 is 4.33. The summed E-state index contributed by atoms with van der Waals surface area (Å²) in [5.41, 5.74) is 2.86. The fraction of sp³-hybridized carbons (Fsp3) is 0.680. The van der Waals surface area contributed by atoms with E-state index in [-0.39, 0.29) is 0 Å². The van der Waals surface area contributed by atoms with Crippen molar-refractivity contribution in [1.29, 1.82) is 0 Å². The molecule has 4 heteroatoms. The first-order valence-corrected chi connectivity index (χ1v) is 14.8. The van der Waals surface area contributed by atoms with Gasteiger partial charge in [0.25, 0.3) is 0 Å². The molecule has 3 rings (SSSR count). The molecule has 0 atom stereocenters. The summed E-state index contributed by atoms with van der Waals surface area (Å²) in [4.78, 5) is 0. The summed E-state index contributed by atoms with van der Waals surface area (Å²) in [6.07, 6.45) is 15.0. The molecule has 0 saturated heterocycles. The quantitative estimate of drug-likeness (QED) is 0.287. The van der Waals surface area contributed by atoms with E-state index < -0.39 is 21.1 Å². The van der Waals surface area contributed by atoms with Crippen molar-refractivity contribution in [3.05, 3.63) is 41.6 Å². The number of aromatic nitrogens is 3. The van der Waals surface area contributed by atoms with Crippen LogP contribution in [-0.4, -0.2) is 36.1 Å². The first-order valence-electron chi connectivity index (χ1n) is 12.0. The molecule has 29 heavy (non-hydrogen) atoms. The molecular weight excluding hydrogens is 461 g/mol. The van der Waals surface area contributed by atoms with Gasteiger partial charge in [-0.3, -0.25) is 0 Å². The Morgan fingerprint density at radius 3 is 2.03 bits per heavy atom. The van der Waals surface area contributed by atoms with Crippen molar-refractivity contribution in [2.75, 3.05) is 0 Å². The van der Waals surface area contributed by atoms with Gasteiger partial charge >= 0.3 is 189 Å². The zero-order valence-corrected chi connectivity index (χ0v) is 21.6. The predicted octanol–water partition coefficient (Wildman–Crippen LogP) is 6.26. The van der Waals surface area contributed by atoms with Crippen LogP contribution in [0.4, 0.5) is 0 Å². The fourth-order valence-electron chi connectivity index (χ4n) is 4.40. The summed E-state index contributed by atoms with van der Waals surface area (Å²) in [5.74, 6) is 0.728. The van der Waals surface area contributed by atoms with Gasteiger partial charge in [-0.15, -0.1) is 0 Å². The Balaban J connectivity index is 1.85. The Hall–Kier alpha value is -0.841. The van der Waals surface area contributed by atoms with Crippen molar-refractivity contribution in [1.82, 2.24) is 15.0 Å². The van der Waals surface area contributed by atoms with Gasteiger partial charge in [-0.05, 0) is 0 Å². The molecule has 3 nitrogen and oxygen atoms in total. The van der Waals surface area contributed by atoms with Gasteiger partial charge in [0, 0.05) is 0 Å².